The first-order valence-electron chi connectivity index (χ1n) is 7.42. The first-order valence-corrected chi connectivity index (χ1v) is 7.42. The Morgan fingerprint density at radius 1 is 1.11 bits per heavy atom. The lowest BCUT2D eigenvalue weighted by Gasteiger charge is -2.39. The van der Waals surface area contributed by atoms with Gasteiger partial charge >= 0.3 is 0 Å². The summed E-state index contributed by atoms with van der Waals surface area (Å²) in [6.07, 6.45) is 2.74. The molecule has 2 heteroatoms. The Morgan fingerprint density at radius 3 is 2.47 bits per heavy atom. The van der Waals surface area contributed by atoms with Crippen molar-refractivity contribution in [2.75, 3.05) is 7.05 Å². The van der Waals surface area contributed by atoms with Crippen LogP contribution in [0.3, 0.4) is 0 Å². The standard InChI is InChI=1S/C17H27NO/c1-11-8-14(4)17(16(9-11)18-5)19-15-7-6-12(2)13(3)10-15/h6-7,10-11,14,16-18H,8-9H2,1-5H3. The normalized spacial score (nSPS) is 31.2. The van der Waals surface area contributed by atoms with Crippen LogP contribution in [-0.4, -0.2) is 19.2 Å². The van der Waals surface area contributed by atoms with Gasteiger partial charge in [-0.15, -0.1) is 0 Å². The Kier molecular flexibility index (Phi) is 4.51. The lowest BCUT2D eigenvalue weighted by molar-refractivity contribution is 0.0506. The van der Waals surface area contributed by atoms with Crippen LogP contribution in [0.5, 0.6) is 5.75 Å². The average molecular weight is 261 g/mol. The molecule has 1 aromatic carbocycles. The largest absolute Gasteiger partial charge is 0.489 e. The van der Waals surface area contributed by atoms with E-state index in [0.717, 1.165) is 11.7 Å². The van der Waals surface area contributed by atoms with Crippen LogP contribution in [0, 0.1) is 25.7 Å². The van der Waals surface area contributed by atoms with Gasteiger partial charge in [0, 0.05) is 6.04 Å². The van der Waals surface area contributed by atoms with Gasteiger partial charge in [-0.2, -0.15) is 0 Å². The van der Waals surface area contributed by atoms with Gasteiger partial charge in [-0.25, -0.2) is 0 Å². The monoisotopic (exact) mass is 261 g/mol. The molecule has 4 atom stereocenters. The lowest BCUT2D eigenvalue weighted by atomic mass is 9.78. The SMILES string of the molecule is CNC1CC(C)CC(C)C1Oc1ccc(C)c(C)c1. The van der Waals surface area contributed by atoms with Crippen molar-refractivity contribution in [3.05, 3.63) is 29.3 Å². The molecular formula is C17H27NO. The quantitative estimate of drug-likeness (QED) is 0.895. The van der Waals surface area contributed by atoms with Gasteiger partial charge in [-0.05, 0) is 68.8 Å². The molecule has 1 aliphatic carbocycles. The Morgan fingerprint density at radius 2 is 1.84 bits per heavy atom. The maximum absolute atomic E-state index is 6.29. The third-order valence-electron chi connectivity index (χ3n) is 4.51. The number of rotatable bonds is 3. The summed E-state index contributed by atoms with van der Waals surface area (Å²) in [6.45, 7) is 8.93. The van der Waals surface area contributed by atoms with E-state index in [1.807, 2.05) is 7.05 Å². The van der Waals surface area contributed by atoms with Gasteiger partial charge in [0.25, 0.3) is 0 Å². The predicted octanol–water partition coefficient (Wildman–Crippen LogP) is 3.70. The topological polar surface area (TPSA) is 21.3 Å². The molecule has 4 unspecified atom stereocenters. The van der Waals surface area contributed by atoms with Gasteiger partial charge in [0.1, 0.15) is 11.9 Å². The molecule has 2 nitrogen and oxygen atoms in total. The molecule has 1 aliphatic rings. The molecule has 19 heavy (non-hydrogen) atoms. The van der Waals surface area contributed by atoms with Crippen LogP contribution in [-0.2, 0) is 0 Å². The predicted molar refractivity (Wildman–Crippen MR) is 80.7 cm³/mol. The van der Waals surface area contributed by atoms with Crippen molar-refractivity contribution < 1.29 is 4.74 Å². The van der Waals surface area contributed by atoms with Crippen molar-refractivity contribution in [2.45, 2.75) is 52.7 Å². The fourth-order valence-corrected chi connectivity index (χ4v) is 3.25. The summed E-state index contributed by atoms with van der Waals surface area (Å²) in [5.41, 5.74) is 2.62. The molecule has 2 rings (SSSR count). The minimum Gasteiger partial charge on any atom is -0.489 e. The maximum atomic E-state index is 6.29. The smallest absolute Gasteiger partial charge is 0.120 e. The zero-order valence-corrected chi connectivity index (χ0v) is 12.9. The molecule has 1 aromatic rings. The number of benzene rings is 1. The van der Waals surface area contributed by atoms with E-state index in [-0.39, 0.29) is 6.10 Å². The van der Waals surface area contributed by atoms with Crippen LogP contribution in [0.4, 0.5) is 0 Å². The molecule has 0 heterocycles. The Bertz CT molecular complexity index is 429. The highest BCUT2D eigenvalue weighted by atomic mass is 16.5. The molecule has 0 spiro atoms. The van der Waals surface area contributed by atoms with E-state index < -0.39 is 0 Å². The van der Waals surface area contributed by atoms with E-state index in [2.05, 4.69) is 51.2 Å². The molecule has 1 saturated carbocycles. The van der Waals surface area contributed by atoms with Gasteiger partial charge in [0.05, 0.1) is 0 Å². The van der Waals surface area contributed by atoms with Gasteiger partial charge in [-0.3, -0.25) is 0 Å². The average Bonchev–Trinajstić information content (AvgIpc) is 2.36. The number of hydrogen-bond donors (Lipinski definition) is 1. The Labute approximate surface area is 117 Å². The highest BCUT2D eigenvalue weighted by Crippen LogP contribution is 2.32. The second kappa shape index (κ2) is 5.96. The molecule has 0 amide bonds. The summed E-state index contributed by atoms with van der Waals surface area (Å²) >= 11 is 0. The molecule has 0 aromatic heterocycles. The lowest BCUT2D eigenvalue weighted by Crippen LogP contribution is -2.49. The van der Waals surface area contributed by atoms with Crippen LogP contribution in [0.25, 0.3) is 0 Å². The fourth-order valence-electron chi connectivity index (χ4n) is 3.25. The molecule has 1 N–H and O–H groups in total. The third kappa shape index (κ3) is 3.30. The minimum atomic E-state index is 0.281. The van der Waals surface area contributed by atoms with E-state index in [0.29, 0.717) is 12.0 Å². The fraction of sp³-hybridized carbons (Fsp3) is 0.647. The van der Waals surface area contributed by atoms with E-state index in [1.165, 1.54) is 24.0 Å². The van der Waals surface area contributed by atoms with Crippen molar-refractivity contribution >= 4 is 0 Å². The van der Waals surface area contributed by atoms with Crippen molar-refractivity contribution in [3.63, 3.8) is 0 Å². The van der Waals surface area contributed by atoms with Crippen molar-refractivity contribution in [2.24, 2.45) is 11.8 Å². The zero-order chi connectivity index (χ0) is 14.0. The number of ether oxygens (including phenoxy) is 1. The van der Waals surface area contributed by atoms with E-state index in [4.69, 9.17) is 4.74 Å². The molecule has 0 radical (unpaired) electrons. The zero-order valence-electron chi connectivity index (χ0n) is 12.9. The van der Waals surface area contributed by atoms with E-state index in [9.17, 15) is 0 Å². The summed E-state index contributed by atoms with van der Waals surface area (Å²) in [4.78, 5) is 0. The second-order valence-electron chi connectivity index (χ2n) is 6.28. The third-order valence-corrected chi connectivity index (χ3v) is 4.51. The van der Waals surface area contributed by atoms with Crippen LogP contribution in [0.15, 0.2) is 18.2 Å². The minimum absolute atomic E-state index is 0.281. The maximum Gasteiger partial charge on any atom is 0.120 e. The molecule has 0 aliphatic heterocycles. The van der Waals surface area contributed by atoms with Crippen LogP contribution < -0.4 is 10.1 Å². The Balaban J connectivity index is 2.13. The van der Waals surface area contributed by atoms with Gasteiger partial charge in [0.2, 0.25) is 0 Å². The van der Waals surface area contributed by atoms with Crippen LogP contribution >= 0.6 is 0 Å². The van der Waals surface area contributed by atoms with Crippen LogP contribution in [0.1, 0.15) is 37.8 Å². The molecule has 106 valence electrons. The highest BCUT2D eigenvalue weighted by molar-refractivity contribution is 5.34. The molecule has 1 fully saturated rings. The van der Waals surface area contributed by atoms with Gasteiger partial charge < -0.3 is 10.1 Å². The Hall–Kier alpha value is -1.02. The molecule has 0 bridgehead atoms. The first kappa shape index (κ1) is 14.4. The van der Waals surface area contributed by atoms with Gasteiger partial charge in [-0.1, -0.05) is 19.9 Å². The molecular weight excluding hydrogens is 234 g/mol. The van der Waals surface area contributed by atoms with Crippen molar-refractivity contribution in [1.29, 1.82) is 0 Å². The van der Waals surface area contributed by atoms with Crippen molar-refractivity contribution in [1.82, 2.24) is 5.32 Å². The summed E-state index contributed by atoms with van der Waals surface area (Å²) < 4.78 is 6.29. The second-order valence-corrected chi connectivity index (χ2v) is 6.28. The van der Waals surface area contributed by atoms with E-state index in [1.54, 1.807) is 0 Å². The highest BCUT2D eigenvalue weighted by Gasteiger charge is 2.34. The summed E-state index contributed by atoms with van der Waals surface area (Å²) in [5.74, 6) is 2.39. The number of likely N-dealkylation sites (N-methyl/N-ethyl adjacent to an activating group) is 1. The van der Waals surface area contributed by atoms with Gasteiger partial charge in [0.15, 0.2) is 0 Å². The first-order chi connectivity index (χ1) is 9.01. The number of aryl methyl sites for hydroxylation is 2. The van der Waals surface area contributed by atoms with Crippen LogP contribution in [0.2, 0.25) is 0 Å². The summed E-state index contributed by atoms with van der Waals surface area (Å²) in [7, 11) is 2.05. The summed E-state index contributed by atoms with van der Waals surface area (Å²) in [5, 5.41) is 3.44. The number of nitrogens with one attached hydrogen (secondary N) is 1. The van der Waals surface area contributed by atoms with Crippen molar-refractivity contribution in [3.8, 4) is 5.75 Å². The summed E-state index contributed by atoms with van der Waals surface area (Å²) in [6, 6.07) is 6.86. The number of hydrogen-bond acceptors (Lipinski definition) is 2. The molecule has 0 saturated heterocycles. The van der Waals surface area contributed by atoms with E-state index >= 15 is 0 Å².